The van der Waals surface area contributed by atoms with Crippen molar-refractivity contribution in [1.82, 2.24) is 14.5 Å². The highest BCUT2D eigenvalue weighted by atomic mass is 32.1. The molecule has 0 atom stereocenters. The molecule has 6 aromatic carbocycles. The minimum Gasteiger partial charge on any atom is -0.307 e. The lowest BCUT2D eigenvalue weighted by Crippen LogP contribution is -2.50. The molecule has 0 fully saturated rings. The molecule has 4 heterocycles. The Labute approximate surface area is 277 Å². The fraction of sp³-hybridized carbons (Fsp3) is 0.0476. The third-order valence-corrected chi connectivity index (χ3v) is 14.5. The average molecular weight is 636 g/mol. The highest BCUT2D eigenvalue weighted by molar-refractivity contribution is 7.26. The molecule has 9 aromatic rings. The van der Waals surface area contributed by atoms with Gasteiger partial charge in [-0.05, 0) is 28.9 Å². The predicted octanol–water partition coefficient (Wildman–Crippen LogP) is 10.1. The maximum absolute atomic E-state index is 5.48. The summed E-state index contributed by atoms with van der Waals surface area (Å²) in [5.41, 5.74) is 9.21. The molecule has 1 aliphatic rings. The van der Waals surface area contributed by atoms with Gasteiger partial charge in [0, 0.05) is 48.3 Å². The number of aromatic nitrogens is 3. The van der Waals surface area contributed by atoms with Crippen molar-refractivity contribution in [3.8, 4) is 39.5 Å². The number of fused-ring (bicyclic) bond motifs is 10. The van der Waals surface area contributed by atoms with Crippen LogP contribution in [0.2, 0.25) is 13.1 Å². The van der Waals surface area contributed by atoms with E-state index in [4.69, 9.17) is 9.97 Å². The molecule has 0 N–H and O–H groups in total. The molecule has 0 saturated carbocycles. The van der Waals surface area contributed by atoms with E-state index in [0.29, 0.717) is 0 Å². The van der Waals surface area contributed by atoms with Gasteiger partial charge in [-0.3, -0.25) is 0 Å². The van der Waals surface area contributed by atoms with Crippen LogP contribution in [0.3, 0.4) is 0 Å². The molecule has 10 rings (SSSR count). The van der Waals surface area contributed by atoms with Crippen LogP contribution in [0.4, 0.5) is 0 Å². The number of thiophene rings is 1. The van der Waals surface area contributed by atoms with E-state index in [1.54, 1.807) is 0 Å². The van der Waals surface area contributed by atoms with Crippen molar-refractivity contribution in [2.45, 2.75) is 13.1 Å². The lowest BCUT2D eigenvalue weighted by Gasteiger charge is -2.20. The van der Waals surface area contributed by atoms with Gasteiger partial charge in [0.2, 0.25) is 0 Å². The topological polar surface area (TPSA) is 30.7 Å². The molecular weight excluding hydrogens is 607 g/mol. The molecule has 0 saturated heterocycles. The van der Waals surface area contributed by atoms with Gasteiger partial charge in [-0.2, -0.15) is 0 Å². The van der Waals surface area contributed by atoms with E-state index in [-0.39, 0.29) is 0 Å². The Bertz CT molecular complexity index is 2720. The summed E-state index contributed by atoms with van der Waals surface area (Å²) < 4.78 is 5.12. The van der Waals surface area contributed by atoms with Gasteiger partial charge in [0.05, 0.1) is 27.1 Å². The van der Waals surface area contributed by atoms with Crippen LogP contribution in [0.25, 0.3) is 81.4 Å². The van der Waals surface area contributed by atoms with Crippen LogP contribution < -0.4 is 10.5 Å². The minimum atomic E-state index is -2.09. The molecule has 0 aliphatic carbocycles. The molecule has 0 unspecified atom stereocenters. The highest BCUT2D eigenvalue weighted by Gasteiger charge is 2.41. The minimum absolute atomic E-state index is 0.789. The Morgan fingerprint density at radius 2 is 1.26 bits per heavy atom. The first kappa shape index (κ1) is 26.8. The Morgan fingerprint density at radius 3 is 2.13 bits per heavy atom. The van der Waals surface area contributed by atoms with Crippen LogP contribution in [0.1, 0.15) is 0 Å². The van der Waals surface area contributed by atoms with Crippen molar-refractivity contribution in [3.05, 3.63) is 140 Å². The van der Waals surface area contributed by atoms with Crippen molar-refractivity contribution < 1.29 is 0 Å². The number of hydrogen-bond acceptors (Lipinski definition) is 3. The summed E-state index contributed by atoms with van der Waals surface area (Å²) in [6, 6.07) is 50.4. The van der Waals surface area contributed by atoms with Crippen LogP contribution in [0.5, 0.6) is 0 Å². The summed E-state index contributed by atoms with van der Waals surface area (Å²) in [4.78, 5) is 10.9. The van der Waals surface area contributed by atoms with Crippen LogP contribution in [-0.2, 0) is 0 Å². The molecule has 222 valence electrons. The van der Waals surface area contributed by atoms with Crippen molar-refractivity contribution in [2.75, 3.05) is 0 Å². The summed E-state index contributed by atoms with van der Waals surface area (Å²) in [6.45, 7) is 4.86. The highest BCUT2D eigenvalue weighted by Crippen LogP contribution is 2.45. The predicted molar refractivity (Wildman–Crippen MR) is 202 cm³/mol. The van der Waals surface area contributed by atoms with E-state index >= 15 is 0 Å². The summed E-state index contributed by atoms with van der Waals surface area (Å²) in [5, 5.41) is 7.78. The molecule has 0 spiro atoms. The number of hydrogen-bond donors (Lipinski definition) is 0. The Hall–Kier alpha value is -5.36. The van der Waals surface area contributed by atoms with E-state index in [0.717, 1.165) is 28.3 Å². The number of nitrogens with zero attached hydrogens (tertiary/aromatic N) is 3. The first-order chi connectivity index (χ1) is 23.1. The van der Waals surface area contributed by atoms with E-state index in [1.807, 2.05) is 11.3 Å². The zero-order chi connectivity index (χ0) is 31.3. The Balaban J connectivity index is 1.35. The van der Waals surface area contributed by atoms with Crippen LogP contribution >= 0.6 is 11.3 Å². The molecular formula is C42H29N3SSi. The van der Waals surface area contributed by atoms with Gasteiger partial charge < -0.3 is 4.57 Å². The molecule has 0 radical (unpaired) electrons. The van der Waals surface area contributed by atoms with Gasteiger partial charge in [0.15, 0.2) is 5.82 Å². The second-order valence-corrected chi connectivity index (χ2v) is 18.3. The zero-order valence-corrected chi connectivity index (χ0v) is 27.8. The van der Waals surface area contributed by atoms with Crippen molar-refractivity contribution in [1.29, 1.82) is 0 Å². The lowest BCUT2D eigenvalue weighted by atomic mass is 9.99. The van der Waals surface area contributed by atoms with Crippen molar-refractivity contribution in [2.24, 2.45) is 0 Å². The van der Waals surface area contributed by atoms with Crippen molar-refractivity contribution >= 4 is 71.9 Å². The van der Waals surface area contributed by atoms with Gasteiger partial charge in [-0.25, -0.2) is 9.97 Å². The zero-order valence-electron chi connectivity index (χ0n) is 26.0. The van der Waals surface area contributed by atoms with Gasteiger partial charge in [-0.15, -0.1) is 11.3 Å². The van der Waals surface area contributed by atoms with Crippen LogP contribution in [-0.4, -0.2) is 22.6 Å². The second-order valence-electron chi connectivity index (χ2n) is 13.0. The van der Waals surface area contributed by atoms with Gasteiger partial charge in [-0.1, -0.05) is 134 Å². The first-order valence-electron chi connectivity index (χ1n) is 16.1. The molecule has 47 heavy (non-hydrogen) atoms. The van der Waals surface area contributed by atoms with Crippen LogP contribution in [0.15, 0.2) is 140 Å². The van der Waals surface area contributed by atoms with E-state index in [9.17, 15) is 0 Å². The fourth-order valence-electron chi connectivity index (χ4n) is 7.80. The summed E-state index contributed by atoms with van der Waals surface area (Å²) in [7, 11) is -2.09. The smallest absolute Gasteiger partial charge is 0.159 e. The molecule has 0 bridgehead atoms. The van der Waals surface area contributed by atoms with Gasteiger partial charge in [0.25, 0.3) is 0 Å². The number of para-hydroxylation sites is 2. The lowest BCUT2D eigenvalue weighted by molar-refractivity contribution is 1.16. The average Bonchev–Trinajstić information content (AvgIpc) is 3.74. The fourth-order valence-corrected chi connectivity index (χ4v) is 12.0. The molecule has 3 nitrogen and oxygen atoms in total. The molecule has 0 amide bonds. The number of benzene rings is 6. The standard InChI is InChI=1S/C42H29N3SSi/c1-47(2)36-23-13-9-19-32(36)37-38(43-41(44-42(37)47)26-14-4-3-5-15-26)31-18-7-11-21-34(31)45-33-20-10-6-16-27(33)29-24-25-30-28-17-8-12-22-35(28)46-40(30)39(29)45/h3-25H,1-2H3. The van der Waals surface area contributed by atoms with Crippen molar-refractivity contribution in [3.63, 3.8) is 0 Å². The molecule has 1 aliphatic heterocycles. The van der Waals surface area contributed by atoms with Gasteiger partial charge in [0.1, 0.15) is 8.07 Å². The van der Waals surface area contributed by atoms with Gasteiger partial charge >= 0.3 is 0 Å². The summed E-state index contributed by atoms with van der Waals surface area (Å²) in [6.07, 6.45) is 0. The molecule has 3 aromatic heterocycles. The normalized spacial score (nSPS) is 13.5. The largest absolute Gasteiger partial charge is 0.307 e. The second kappa shape index (κ2) is 9.82. The van der Waals surface area contributed by atoms with Crippen LogP contribution in [0, 0.1) is 0 Å². The summed E-state index contributed by atoms with van der Waals surface area (Å²) in [5.74, 6) is 0.789. The van der Waals surface area contributed by atoms with E-state index in [2.05, 4.69) is 157 Å². The first-order valence-corrected chi connectivity index (χ1v) is 19.9. The van der Waals surface area contributed by atoms with E-state index in [1.165, 1.54) is 63.6 Å². The quantitative estimate of drug-likeness (QED) is 0.181. The Morgan fingerprint density at radius 1 is 0.574 bits per heavy atom. The number of rotatable bonds is 3. The Kier molecular flexibility index (Phi) is 5.60. The SMILES string of the molecule is C[Si]1(C)c2ccccc2-c2c(-c3ccccc3-n3c4ccccc4c4ccc5c6ccccc6sc5c43)nc(-c3ccccc3)nc21. The monoisotopic (exact) mass is 635 g/mol. The summed E-state index contributed by atoms with van der Waals surface area (Å²) >= 11 is 1.89. The third-order valence-electron chi connectivity index (χ3n) is 9.98. The third kappa shape index (κ3) is 3.72. The maximum Gasteiger partial charge on any atom is 0.159 e. The van der Waals surface area contributed by atoms with E-state index < -0.39 is 8.07 Å². The molecule has 5 heteroatoms. The maximum atomic E-state index is 5.48.